The molecule has 0 spiro atoms. The summed E-state index contributed by atoms with van der Waals surface area (Å²) < 4.78 is 49.6. The number of hydrogen-bond donors (Lipinski definition) is 0. The van der Waals surface area contributed by atoms with E-state index in [1.165, 1.54) is 38.4 Å². The molecule has 0 fully saturated rings. The van der Waals surface area contributed by atoms with Crippen LogP contribution in [0.25, 0.3) is 0 Å². The fraction of sp³-hybridized carbons (Fsp3) is 0.250. The summed E-state index contributed by atoms with van der Waals surface area (Å²) in [5, 5.41) is 0. The Labute approximate surface area is 135 Å². The van der Waals surface area contributed by atoms with Crippen molar-refractivity contribution in [3.05, 3.63) is 54.3 Å². The molecule has 0 heterocycles. The van der Waals surface area contributed by atoms with Crippen LogP contribution in [0.3, 0.4) is 0 Å². The van der Waals surface area contributed by atoms with Gasteiger partial charge in [-0.2, -0.15) is 4.31 Å². The van der Waals surface area contributed by atoms with Crippen molar-refractivity contribution in [1.29, 1.82) is 0 Å². The molecule has 0 aliphatic carbocycles. The Morgan fingerprint density at radius 2 is 1.74 bits per heavy atom. The molecule has 0 N–H and O–H groups in total. The van der Waals surface area contributed by atoms with E-state index in [0.717, 1.165) is 4.31 Å². The van der Waals surface area contributed by atoms with Crippen LogP contribution in [0.5, 0.6) is 11.5 Å². The van der Waals surface area contributed by atoms with E-state index in [1.807, 2.05) is 0 Å². The zero-order valence-corrected chi connectivity index (χ0v) is 13.7. The molecule has 0 aromatic heterocycles. The van der Waals surface area contributed by atoms with Gasteiger partial charge in [0, 0.05) is 13.6 Å². The van der Waals surface area contributed by atoms with Gasteiger partial charge in [-0.05, 0) is 36.4 Å². The number of halogens is 1. The number of nitrogens with zero attached hydrogens (tertiary/aromatic N) is 1. The third-order valence-electron chi connectivity index (χ3n) is 3.27. The monoisotopic (exact) mass is 339 g/mol. The maximum atomic E-state index is 13.4. The maximum Gasteiger partial charge on any atom is 0.242 e. The summed E-state index contributed by atoms with van der Waals surface area (Å²) in [6, 6.07) is 12.1. The van der Waals surface area contributed by atoms with Gasteiger partial charge in [-0.25, -0.2) is 12.8 Å². The number of ether oxygens (including phenoxy) is 2. The average Bonchev–Trinajstić information content (AvgIpc) is 2.56. The van der Waals surface area contributed by atoms with Crippen LogP contribution in [0.1, 0.15) is 0 Å². The van der Waals surface area contributed by atoms with E-state index in [4.69, 9.17) is 9.47 Å². The lowest BCUT2D eigenvalue weighted by Crippen LogP contribution is -2.31. The molecule has 124 valence electrons. The van der Waals surface area contributed by atoms with Gasteiger partial charge in [0.2, 0.25) is 10.0 Å². The largest absolute Gasteiger partial charge is 0.497 e. The Morgan fingerprint density at radius 3 is 2.35 bits per heavy atom. The highest BCUT2D eigenvalue weighted by atomic mass is 32.2. The highest BCUT2D eigenvalue weighted by Crippen LogP contribution is 2.19. The van der Waals surface area contributed by atoms with E-state index in [-0.39, 0.29) is 23.8 Å². The molecule has 23 heavy (non-hydrogen) atoms. The Morgan fingerprint density at radius 1 is 1.09 bits per heavy atom. The fourth-order valence-corrected chi connectivity index (χ4v) is 3.05. The SMILES string of the molecule is COc1ccc(S(=O)(=O)N(C)CCOc2ccccc2F)cc1. The average molecular weight is 339 g/mol. The molecule has 0 aliphatic heterocycles. The normalized spacial score (nSPS) is 11.5. The van der Waals surface area contributed by atoms with E-state index < -0.39 is 15.8 Å². The Balaban J connectivity index is 1.98. The summed E-state index contributed by atoms with van der Waals surface area (Å²) in [6.07, 6.45) is 0. The number of likely N-dealkylation sites (N-methyl/N-ethyl adjacent to an activating group) is 1. The maximum absolute atomic E-state index is 13.4. The smallest absolute Gasteiger partial charge is 0.242 e. The minimum atomic E-state index is -3.62. The van der Waals surface area contributed by atoms with Gasteiger partial charge in [0.15, 0.2) is 11.6 Å². The summed E-state index contributed by atoms with van der Waals surface area (Å²) in [4.78, 5) is 0.159. The van der Waals surface area contributed by atoms with Crippen LogP contribution in [0.2, 0.25) is 0 Å². The molecule has 2 aromatic carbocycles. The summed E-state index contributed by atoms with van der Waals surface area (Å²) >= 11 is 0. The first kappa shape index (κ1) is 17.2. The van der Waals surface area contributed by atoms with E-state index in [0.29, 0.717) is 5.75 Å². The van der Waals surface area contributed by atoms with E-state index in [9.17, 15) is 12.8 Å². The molecule has 0 amide bonds. The summed E-state index contributed by atoms with van der Waals surface area (Å²) in [5.41, 5.74) is 0. The second-order valence-corrected chi connectivity index (χ2v) is 6.83. The van der Waals surface area contributed by atoms with Crippen molar-refractivity contribution in [2.24, 2.45) is 0 Å². The predicted molar refractivity (Wildman–Crippen MR) is 84.7 cm³/mol. The zero-order chi connectivity index (χ0) is 16.9. The third-order valence-corrected chi connectivity index (χ3v) is 5.14. The molecule has 2 aromatic rings. The van der Waals surface area contributed by atoms with Crippen molar-refractivity contribution < 1.29 is 22.3 Å². The highest BCUT2D eigenvalue weighted by molar-refractivity contribution is 7.89. The minimum Gasteiger partial charge on any atom is -0.497 e. The van der Waals surface area contributed by atoms with Crippen molar-refractivity contribution in [3.63, 3.8) is 0 Å². The Kier molecular flexibility index (Phi) is 5.57. The van der Waals surface area contributed by atoms with E-state index >= 15 is 0 Å². The lowest BCUT2D eigenvalue weighted by molar-refractivity contribution is 0.275. The fourth-order valence-electron chi connectivity index (χ4n) is 1.89. The zero-order valence-electron chi connectivity index (χ0n) is 12.9. The van der Waals surface area contributed by atoms with Crippen LogP contribution in [0.4, 0.5) is 4.39 Å². The molecular weight excluding hydrogens is 321 g/mol. The van der Waals surface area contributed by atoms with Gasteiger partial charge in [0.25, 0.3) is 0 Å². The second kappa shape index (κ2) is 7.43. The van der Waals surface area contributed by atoms with Crippen molar-refractivity contribution in [1.82, 2.24) is 4.31 Å². The molecule has 0 radical (unpaired) electrons. The summed E-state index contributed by atoms with van der Waals surface area (Å²) in [6.45, 7) is 0.148. The van der Waals surface area contributed by atoms with Crippen molar-refractivity contribution in [2.45, 2.75) is 4.90 Å². The molecule has 0 atom stereocenters. The number of methoxy groups -OCH3 is 1. The number of benzene rings is 2. The number of sulfonamides is 1. The lowest BCUT2D eigenvalue weighted by Gasteiger charge is -2.17. The van der Waals surface area contributed by atoms with Crippen LogP contribution in [-0.2, 0) is 10.0 Å². The number of para-hydroxylation sites is 1. The van der Waals surface area contributed by atoms with Gasteiger partial charge in [0.1, 0.15) is 12.4 Å². The molecular formula is C16H18FNO4S. The van der Waals surface area contributed by atoms with Crippen molar-refractivity contribution >= 4 is 10.0 Å². The summed E-state index contributed by atoms with van der Waals surface area (Å²) in [5.74, 6) is 0.199. The van der Waals surface area contributed by atoms with Crippen LogP contribution >= 0.6 is 0 Å². The summed E-state index contributed by atoms with van der Waals surface area (Å²) in [7, 11) is -0.666. The molecule has 2 rings (SSSR count). The predicted octanol–water partition coefficient (Wildman–Crippen LogP) is 2.53. The van der Waals surface area contributed by atoms with E-state index in [2.05, 4.69) is 0 Å². The first-order chi connectivity index (χ1) is 10.9. The van der Waals surface area contributed by atoms with E-state index in [1.54, 1.807) is 24.3 Å². The van der Waals surface area contributed by atoms with Gasteiger partial charge in [-0.1, -0.05) is 12.1 Å². The van der Waals surface area contributed by atoms with Crippen molar-refractivity contribution in [3.8, 4) is 11.5 Å². The Bertz CT molecular complexity index is 747. The molecule has 0 saturated carbocycles. The lowest BCUT2D eigenvalue weighted by atomic mass is 10.3. The third kappa shape index (κ3) is 4.20. The molecule has 7 heteroatoms. The van der Waals surface area contributed by atoms with Crippen molar-refractivity contribution in [2.75, 3.05) is 27.3 Å². The van der Waals surface area contributed by atoms with Crippen LogP contribution < -0.4 is 9.47 Å². The van der Waals surface area contributed by atoms with Crippen LogP contribution in [0.15, 0.2) is 53.4 Å². The van der Waals surface area contributed by atoms with Gasteiger partial charge < -0.3 is 9.47 Å². The van der Waals surface area contributed by atoms with Gasteiger partial charge in [-0.15, -0.1) is 0 Å². The second-order valence-electron chi connectivity index (χ2n) is 4.78. The molecule has 0 unspecified atom stereocenters. The Hall–Kier alpha value is -2.12. The van der Waals surface area contributed by atoms with Gasteiger partial charge >= 0.3 is 0 Å². The highest BCUT2D eigenvalue weighted by Gasteiger charge is 2.20. The minimum absolute atomic E-state index is 0.0484. The standard InChI is InChI=1S/C16H18FNO4S/c1-18(11-12-22-16-6-4-3-5-15(16)17)23(19,20)14-9-7-13(21-2)8-10-14/h3-10H,11-12H2,1-2H3. The molecule has 0 bridgehead atoms. The van der Waals surface area contributed by atoms with Crippen LogP contribution in [-0.4, -0.2) is 40.0 Å². The first-order valence-corrected chi connectivity index (χ1v) is 8.37. The topological polar surface area (TPSA) is 55.8 Å². The van der Waals surface area contributed by atoms with Crippen LogP contribution in [0, 0.1) is 5.82 Å². The number of hydrogen-bond acceptors (Lipinski definition) is 4. The molecule has 0 aliphatic rings. The molecule has 5 nitrogen and oxygen atoms in total. The molecule has 0 saturated heterocycles. The number of rotatable bonds is 7. The first-order valence-electron chi connectivity index (χ1n) is 6.93. The van der Waals surface area contributed by atoms with Gasteiger partial charge in [0.05, 0.1) is 12.0 Å². The quantitative estimate of drug-likeness (QED) is 0.778. The van der Waals surface area contributed by atoms with Gasteiger partial charge in [-0.3, -0.25) is 0 Å².